The minimum atomic E-state index is -3.62. The van der Waals surface area contributed by atoms with E-state index in [0.717, 1.165) is 32.8 Å². The van der Waals surface area contributed by atoms with Crippen LogP contribution < -0.4 is 9.62 Å². The maximum atomic E-state index is 12.8. The molecule has 0 aliphatic rings. The van der Waals surface area contributed by atoms with Crippen LogP contribution in [0.2, 0.25) is 0 Å². The predicted octanol–water partition coefficient (Wildman–Crippen LogP) is 3.64. The largest absolute Gasteiger partial charge is 0.348 e. The van der Waals surface area contributed by atoms with Gasteiger partial charge in [-0.1, -0.05) is 41.5 Å². The van der Waals surface area contributed by atoms with Gasteiger partial charge in [0.05, 0.1) is 18.0 Å². The lowest BCUT2D eigenvalue weighted by molar-refractivity contribution is -0.122. The van der Waals surface area contributed by atoms with Crippen molar-refractivity contribution in [2.24, 2.45) is 0 Å². The molecular weight excluding hydrogens is 360 g/mol. The van der Waals surface area contributed by atoms with Crippen LogP contribution in [0.1, 0.15) is 42.1 Å². The van der Waals surface area contributed by atoms with Crippen molar-refractivity contribution < 1.29 is 13.2 Å². The SMILES string of the molecule is Cc1ccc(N([C@H](C)C(=O)N[C@@H](C)c2ccc(C)cc2C)S(C)(=O)=O)cc1. The van der Waals surface area contributed by atoms with Gasteiger partial charge in [-0.3, -0.25) is 9.10 Å². The first-order valence-electron chi connectivity index (χ1n) is 8.94. The molecule has 0 saturated heterocycles. The fraction of sp³-hybridized carbons (Fsp3) is 0.381. The summed E-state index contributed by atoms with van der Waals surface area (Å²) in [5, 5.41) is 2.94. The van der Waals surface area contributed by atoms with Gasteiger partial charge >= 0.3 is 0 Å². The molecule has 27 heavy (non-hydrogen) atoms. The maximum absolute atomic E-state index is 12.8. The average molecular weight is 389 g/mol. The number of sulfonamides is 1. The van der Waals surface area contributed by atoms with E-state index in [1.165, 1.54) is 0 Å². The van der Waals surface area contributed by atoms with Crippen LogP contribution in [0.4, 0.5) is 5.69 Å². The molecule has 0 radical (unpaired) electrons. The molecule has 0 aromatic heterocycles. The summed E-state index contributed by atoms with van der Waals surface area (Å²) in [6.45, 7) is 9.46. The summed E-state index contributed by atoms with van der Waals surface area (Å²) in [6.07, 6.45) is 1.12. The van der Waals surface area contributed by atoms with Crippen molar-refractivity contribution in [1.29, 1.82) is 0 Å². The average Bonchev–Trinajstić information content (AvgIpc) is 2.55. The number of nitrogens with one attached hydrogen (secondary N) is 1. The first-order valence-corrected chi connectivity index (χ1v) is 10.8. The van der Waals surface area contributed by atoms with Crippen LogP contribution in [0, 0.1) is 20.8 Å². The van der Waals surface area contributed by atoms with Gasteiger partial charge in [-0.05, 0) is 57.9 Å². The molecule has 0 unspecified atom stereocenters. The minimum Gasteiger partial charge on any atom is -0.348 e. The van der Waals surface area contributed by atoms with E-state index in [0.29, 0.717) is 5.69 Å². The molecule has 0 spiro atoms. The monoisotopic (exact) mass is 388 g/mol. The summed E-state index contributed by atoms with van der Waals surface area (Å²) in [7, 11) is -3.62. The predicted molar refractivity (Wildman–Crippen MR) is 110 cm³/mol. The van der Waals surface area contributed by atoms with Crippen LogP contribution in [-0.4, -0.2) is 26.6 Å². The van der Waals surface area contributed by atoms with Crippen LogP contribution in [0.25, 0.3) is 0 Å². The molecule has 2 aromatic carbocycles. The molecular formula is C21H28N2O3S. The molecule has 5 nitrogen and oxygen atoms in total. The molecule has 0 saturated carbocycles. The van der Waals surface area contributed by atoms with E-state index in [9.17, 15) is 13.2 Å². The highest BCUT2D eigenvalue weighted by Gasteiger charge is 2.30. The summed E-state index contributed by atoms with van der Waals surface area (Å²) < 4.78 is 25.9. The first kappa shape index (κ1) is 21.0. The van der Waals surface area contributed by atoms with E-state index < -0.39 is 16.1 Å². The zero-order valence-corrected chi connectivity index (χ0v) is 17.6. The molecule has 1 amide bonds. The van der Waals surface area contributed by atoms with Gasteiger partial charge in [0.15, 0.2) is 0 Å². The Morgan fingerprint density at radius 2 is 1.52 bits per heavy atom. The Kier molecular flexibility index (Phi) is 6.31. The lowest BCUT2D eigenvalue weighted by Crippen LogP contribution is -2.48. The molecule has 146 valence electrons. The summed E-state index contributed by atoms with van der Waals surface area (Å²) in [6, 6.07) is 12.1. The third-order valence-electron chi connectivity index (χ3n) is 4.63. The topological polar surface area (TPSA) is 66.5 Å². The molecule has 6 heteroatoms. The number of benzene rings is 2. The molecule has 2 atom stereocenters. The van der Waals surface area contributed by atoms with E-state index in [-0.39, 0.29) is 11.9 Å². The Labute approximate surface area is 162 Å². The molecule has 0 bridgehead atoms. The first-order chi connectivity index (χ1) is 12.5. The lowest BCUT2D eigenvalue weighted by Gasteiger charge is -2.29. The summed E-state index contributed by atoms with van der Waals surface area (Å²) in [5.74, 6) is -0.339. The van der Waals surface area contributed by atoms with E-state index in [2.05, 4.69) is 11.4 Å². The second-order valence-corrected chi connectivity index (χ2v) is 9.02. The van der Waals surface area contributed by atoms with Gasteiger partial charge in [-0.2, -0.15) is 0 Å². The van der Waals surface area contributed by atoms with E-state index in [4.69, 9.17) is 0 Å². The quantitative estimate of drug-likeness (QED) is 0.821. The van der Waals surface area contributed by atoms with Crippen LogP contribution in [0.5, 0.6) is 0 Å². The zero-order chi connectivity index (χ0) is 20.4. The van der Waals surface area contributed by atoms with Crippen LogP contribution in [-0.2, 0) is 14.8 Å². The van der Waals surface area contributed by atoms with Crippen LogP contribution >= 0.6 is 0 Å². The number of hydrogen-bond acceptors (Lipinski definition) is 3. The number of carbonyl (C=O) groups is 1. The number of anilines is 1. The molecule has 2 rings (SSSR count). The van der Waals surface area contributed by atoms with Gasteiger partial charge in [0.1, 0.15) is 6.04 Å². The molecule has 0 aliphatic heterocycles. The van der Waals surface area contributed by atoms with Gasteiger partial charge in [0, 0.05) is 0 Å². The lowest BCUT2D eigenvalue weighted by atomic mass is 10.00. The standard InChI is InChI=1S/C21H28N2O3S/c1-14-7-10-19(11-8-14)23(27(6,25)26)18(5)21(24)22-17(4)20-12-9-15(2)13-16(20)3/h7-13,17-18H,1-6H3,(H,22,24)/t17-,18+/m0/s1. The third kappa shape index (κ3) is 5.10. The highest BCUT2D eigenvalue weighted by atomic mass is 32.2. The molecule has 0 heterocycles. The Morgan fingerprint density at radius 3 is 2.04 bits per heavy atom. The van der Waals surface area contributed by atoms with Crippen molar-refractivity contribution in [2.45, 2.75) is 46.7 Å². The van der Waals surface area contributed by atoms with Gasteiger partial charge in [0.2, 0.25) is 15.9 Å². The Morgan fingerprint density at radius 1 is 0.963 bits per heavy atom. The maximum Gasteiger partial charge on any atom is 0.244 e. The van der Waals surface area contributed by atoms with Gasteiger partial charge in [-0.15, -0.1) is 0 Å². The summed E-state index contributed by atoms with van der Waals surface area (Å²) in [5.41, 5.74) is 4.76. The molecule has 1 N–H and O–H groups in total. The van der Waals surface area contributed by atoms with Gasteiger partial charge < -0.3 is 5.32 Å². The Hall–Kier alpha value is -2.34. The summed E-state index contributed by atoms with van der Waals surface area (Å²) >= 11 is 0. The van der Waals surface area contributed by atoms with Gasteiger partial charge in [0.25, 0.3) is 0 Å². The summed E-state index contributed by atoms with van der Waals surface area (Å²) in [4.78, 5) is 12.8. The Bertz CT molecular complexity index is 921. The molecule has 0 fully saturated rings. The van der Waals surface area contributed by atoms with Gasteiger partial charge in [-0.25, -0.2) is 8.42 Å². The highest BCUT2D eigenvalue weighted by Crippen LogP contribution is 2.23. The van der Waals surface area contributed by atoms with E-state index >= 15 is 0 Å². The third-order valence-corrected chi connectivity index (χ3v) is 5.87. The number of aryl methyl sites for hydroxylation is 3. The zero-order valence-electron chi connectivity index (χ0n) is 16.8. The van der Waals surface area contributed by atoms with Crippen molar-refractivity contribution in [3.8, 4) is 0 Å². The Balaban J connectivity index is 2.25. The number of amides is 1. The number of carbonyl (C=O) groups excluding carboxylic acids is 1. The van der Waals surface area contributed by atoms with E-state index in [1.54, 1.807) is 19.1 Å². The minimum absolute atomic E-state index is 0.222. The van der Waals surface area contributed by atoms with Crippen molar-refractivity contribution in [3.05, 3.63) is 64.7 Å². The normalized spacial score (nSPS) is 13.7. The number of rotatable bonds is 6. The highest BCUT2D eigenvalue weighted by molar-refractivity contribution is 7.92. The fourth-order valence-corrected chi connectivity index (χ4v) is 4.40. The van der Waals surface area contributed by atoms with Crippen molar-refractivity contribution >= 4 is 21.6 Å². The second-order valence-electron chi connectivity index (χ2n) is 7.16. The second kappa shape index (κ2) is 8.13. The van der Waals surface area contributed by atoms with Crippen molar-refractivity contribution in [3.63, 3.8) is 0 Å². The smallest absolute Gasteiger partial charge is 0.244 e. The van der Waals surface area contributed by atoms with Crippen molar-refractivity contribution in [1.82, 2.24) is 5.32 Å². The molecule has 0 aliphatic carbocycles. The van der Waals surface area contributed by atoms with Crippen LogP contribution in [0.3, 0.4) is 0 Å². The number of hydrogen-bond donors (Lipinski definition) is 1. The van der Waals surface area contributed by atoms with Crippen LogP contribution in [0.15, 0.2) is 42.5 Å². The molecule has 2 aromatic rings. The number of nitrogens with zero attached hydrogens (tertiary/aromatic N) is 1. The van der Waals surface area contributed by atoms with Crippen molar-refractivity contribution in [2.75, 3.05) is 10.6 Å². The van der Waals surface area contributed by atoms with E-state index in [1.807, 2.05) is 52.0 Å². The fourth-order valence-electron chi connectivity index (χ4n) is 3.22.